The highest BCUT2D eigenvalue weighted by molar-refractivity contribution is 6.33. The molecule has 1 amide bonds. The van der Waals surface area contributed by atoms with Gasteiger partial charge in [0.2, 0.25) is 0 Å². The summed E-state index contributed by atoms with van der Waals surface area (Å²) in [4.78, 5) is 18.1. The van der Waals surface area contributed by atoms with Crippen LogP contribution in [0.4, 0.5) is 0 Å². The zero-order valence-electron chi connectivity index (χ0n) is 11.4. The van der Waals surface area contributed by atoms with Crippen molar-refractivity contribution in [2.75, 3.05) is 32.8 Å². The molecule has 1 saturated heterocycles. The summed E-state index contributed by atoms with van der Waals surface area (Å²) in [6.07, 6.45) is 5.08. The summed E-state index contributed by atoms with van der Waals surface area (Å²) in [5.74, 6) is 0.277. The van der Waals surface area contributed by atoms with Gasteiger partial charge in [-0.1, -0.05) is 11.6 Å². The number of piperidine rings is 1. The number of amides is 1. The molecule has 2 rings (SSSR count). The molecule has 1 aliphatic rings. The highest BCUT2D eigenvalue weighted by Gasteiger charge is 2.18. The molecule has 0 unspecified atom stereocenters. The van der Waals surface area contributed by atoms with E-state index < -0.39 is 0 Å². The van der Waals surface area contributed by atoms with Gasteiger partial charge in [0.05, 0.1) is 10.6 Å². The molecule has 1 aromatic rings. The SMILES string of the molecule is O=C(NCCN1CCC(CO)CC1)c1ccncc1Cl. The summed E-state index contributed by atoms with van der Waals surface area (Å²) < 4.78 is 0. The van der Waals surface area contributed by atoms with Crippen LogP contribution in [0.15, 0.2) is 18.5 Å². The lowest BCUT2D eigenvalue weighted by atomic mass is 9.98. The average molecular weight is 298 g/mol. The second kappa shape index (κ2) is 7.57. The number of carbonyl (C=O) groups excluding carboxylic acids is 1. The smallest absolute Gasteiger partial charge is 0.252 e. The number of rotatable bonds is 5. The van der Waals surface area contributed by atoms with Crippen molar-refractivity contribution in [1.29, 1.82) is 0 Å². The quantitative estimate of drug-likeness (QED) is 0.856. The zero-order chi connectivity index (χ0) is 14.4. The van der Waals surface area contributed by atoms with Crippen LogP contribution in [0.5, 0.6) is 0 Å². The van der Waals surface area contributed by atoms with E-state index in [1.54, 1.807) is 12.3 Å². The molecule has 2 heterocycles. The van der Waals surface area contributed by atoms with Crippen LogP contribution in [0.25, 0.3) is 0 Å². The lowest BCUT2D eigenvalue weighted by molar-refractivity contribution is 0.0939. The largest absolute Gasteiger partial charge is 0.396 e. The highest BCUT2D eigenvalue weighted by atomic mass is 35.5. The lowest BCUT2D eigenvalue weighted by Gasteiger charge is -2.30. The molecule has 0 saturated carbocycles. The van der Waals surface area contributed by atoms with Gasteiger partial charge >= 0.3 is 0 Å². The van der Waals surface area contributed by atoms with Gasteiger partial charge in [-0.05, 0) is 37.9 Å². The first-order valence-electron chi connectivity index (χ1n) is 6.91. The number of nitrogens with one attached hydrogen (secondary N) is 1. The van der Waals surface area contributed by atoms with E-state index in [1.807, 2.05) is 0 Å². The van der Waals surface area contributed by atoms with Crippen LogP contribution in [0, 0.1) is 5.92 Å². The summed E-state index contributed by atoms with van der Waals surface area (Å²) in [5, 5.41) is 12.3. The van der Waals surface area contributed by atoms with Gasteiger partial charge in [-0.2, -0.15) is 0 Å². The van der Waals surface area contributed by atoms with E-state index >= 15 is 0 Å². The van der Waals surface area contributed by atoms with Gasteiger partial charge in [0.1, 0.15) is 0 Å². The fourth-order valence-corrected chi connectivity index (χ4v) is 2.58. The molecule has 1 fully saturated rings. The van der Waals surface area contributed by atoms with Gasteiger partial charge in [-0.3, -0.25) is 9.78 Å². The fourth-order valence-electron chi connectivity index (χ4n) is 2.37. The lowest BCUT2D eigenvalue weighted by Crippen LogP contribution is -2.40. The first-order chi connectivity index (χ1) is 9.70. The molecule has 0 atom stereocenters. The van der Waals surface area contributed by atoms with Gasteiger partial charge in [0.15, 0.2) is 0 Å². The molecule has 1 aliphatic heterocycles. The third kappa shape index (κ3) is 4.16. The number of hydrogen-bond donors (Lipinski definition) is 2. The number of nitrogens with zero attached hydrogens (tertiary/aromatic N) is 2. The molecule has 0 radical (unpaired) electrons. The Morgan fingerprint density at radius 3 is 2.90 bits per heavy atom. The first kappa shape index (κ1) is 15.2. The topological polar surface area (TPSA) is 65.5 Å². The third-order valence-corrected chi connectivity index (χ3v) is 4.00. The van der Waals surface area contributed by atoms with Gasteiger partial charge in [-0.15, -0.1) is 0 Å². The molecule has 110 valence electrons. The molecule has 6 heteroatoms. The molecule has 0 aromatic carbocycles. The Balaban J connectivity index is 1.71. The Morgan fingerprint density at radius 1 is 1.50 bits per heavy atom. The number of hydrogen-bond acceptors (Lipinski definition) is 4. The molecule has 1 aromatic heterocycles. The van der Waals surface area contributed by atoms with E-state index in [2.05, 4.69) is 15.2 Å². The number of carbonyl (C=O) groups is 1. The van der Waals surface area contributed by atoms with Crippen molar-refractivity contribution in [2.24, 2.45) is 5.92 Å². The van der Waals surface area contributed by atoms with Gasteiger partial charge in [0, 0.05) is 32.1 Å². The first-order valence-corrected chi connectivity index (χ1v) is 7.29. The summed E-state index contributed by atoms with van der Waals surface area (Å²) in [6.45, 7) is 3.67. The standard InChI is InChI=1S/C14H20ClN3O2/c15-13-9-16-4-1-12(13)14(20)17-5-8-18-6-2-11(10-19)3-7-18/h1,4,9,11,19H,2-3,5-8,10H2,(H,17,20). The number of likely N-dealkylation sites (tertiary alicyclic amines) is 1. The maximum atomic E-state index is 11.9. The van der Waals surface area contributed by atoms with Crippen molar-refractivity contribution in [1.82, 2.24) is 15.2 Å². The van der Waals surface area contributed by atoms with Crippen molar-refractivity contribution in [3.05, 3.63) is 29.0 Å². The molecular weight excluding hydrogens is 278 g/mol. The zero-order valence-corrected chi connectivity index (χ0v) is 12.1. The number of aliphatic hydroxyl groups excluding tert-OH is 1. The molecule has 0 aliphatic carbocycles. The van der Waals surface area contributed by atoms with Crippen LogP contribution in [0.1, 0.15) is 23.2 Å². The highest BCUT2D eigenvalue weighted by Crippen LogP contribution is 2.16. The normalized spacial score (nSPS) is 17.1. The minimum Gasteiger partial charge on any atom is -0.396 e. The van der Waals surface area contributed by atoms with Crippen LogP contribution in [-0.4, -0.2) is 53.7 Å². The van der Waals surface area contributed by atoms with Crippen molar-refractivity contribution in [3.8, 4) is 0 Å². The number of aliphatic hydroxyl groups is 1. The van der Waals surface area contributed by atoms with Crippen molar-refractivity contribution < 1.29 is 9.90 Å². The molecular formula is C14H20ClN3O2. The third-order valence-electron chi connectivity index (χ3n) is 3.70. The average Bonchev–Trinajstić information content (AvgIpc) is 2.48. The number of halogens is 1. The summed E-state index contributed by atoms with van der Waals surface area (Å²) in [5.41, 5.74) is 0.459. The van der Waals surface area contributed by atoms with E-state index in [-0.39, 0.29) is 12.5 Å². The maximum absolute atomic E-state index is 11.9. The van der Waals surface area contributed by atoms with E-state index in [0.29, 0.717) is 23.0 Å². The second-order valence-corrected chi connectivity index (χ2v) is 5.49. The van der Waals surface area contributed by atoms with Crippen molar-refractivity contribution >= 4 is 17.5 Å². The Hall–Kier alpha value is -1.17. The number of pyridine rings is 1. The molecule has 0 spiro atoms. The summed E-state index contributed by atoms with van der Waals surface area (Å²) in [7, 11) is 0. The Morgan fingerprint density at radius 2 is 2.25 bits per heavy atom. The molecule has 2 N–H and O–H groups in total. The predicted molar refractivity (Wildman–Crippen MR) is 77.8 cm³/mol. The van der Waals surface area contributed by atoms with Gasteiger partial charge in [0.25, 0.3) is 5.91 Å². The van der Waals surface area contributed by atoms with Crippen LogP contribution in [-0.2, 0) is 0 Å². The predicted octanol–water partition coefficient (Wildman–Crippen LogP) is 1.17. The Labute approximate surface area is 123 Å². The minimum atomic E-state index is -0.164. The monoisotopic (exact) mass is 297 g/mol. The second-order valence-electron chi connectivity index (χ2n) is 5.08. The summed E-state index contributed by atoms with van der Waals surface area (Å²) >= 11 is 5.92. The minimum absolute atomic E-state index is 0.164. The van der Waals surface area contributed by atoms with E-state index in [4.69, 9.17) is 16.7 Å². The van der Waals surface area contributed by atoms with Crippen LogP contribution < -0.4 is 5.32 Å². The van der Waals surface area contributed by atoms with Crippen LogP contribution in [0.2, 0.25) is 5.02 Å². The fraction of sp³-hybridized carbons (Fsp3) is 0.571. The molecule has 0 bridgehead atoms. The van der Waals surface area contributed by atoms with Crippen molar-refractivity contribution in [2.45, 2.75) is 12.8 Å². The van der Waals surface area contributed by atoms with Gasteiger partial charge < -0.3 is 15.3 Å². The number of aromatic nitrogens is 1. The van der Waals surface area contributed by atoms with E-state index in [9.17, 15) is 4.79 Å². The Bertz CT molecular complexity index is 448. The Kier molecular flexibility index (Phi) is 5.76. The van der Waals surface area contributed by atoms with Crippen molar-refractivity contribution in [3.63, 3.8) is 0 Å². The van der Waals surface area contributed by atoms with Gasteiger partial charge in [-0.25, -0.2) is 0 Å². The summed E-state index contributed by atoms with van der Waals surface area (Å²) in [6, 6.07) is 1.62. The van der Waals surface area contributed by atoms with E-state index in [0.717, 1.165) is 32.5 Å². The van der Waals surface area contributed by atoms with Crippen LogP contribution >= 0.6 is 11.6 Å². The molecule has 5 nitrogen and oxygen atoms in total. The van der Waals surface area contributed by atoms with E-state index in [1.165, 1.54) is 6.20 Å². The molecule has 20 heavy (non-hydrogen) atoms. The maximum Gasteiger partial charge on any atom is 0.252 e. The van der Waals surface area contributed by atoms with Crippen LogP contribution in [0.3, 0.4) is 0 Å².